The fourth-order valence-electron chi connectivity index (χ4n) is 7.04. The van der Waals surface area contributed by atoms with Crippen molar-refractivity contribution < 1.29 is 62.8 Å². The lowest BCUT2D eigenvalue weighted by Gasteiger charge is -2.20. The fourth-order valence-corrected chi connectivity index (χ4v) is 7.83. The summed E-state index contributed by atoms with van der Waals surface area (Å²) in [4.78, 5) is 47.8. The summed E-state index contributed by atoms with van der Waals surface area (Å²) >= 11 is 0. The Hall–Kier alpha value is -2.22. The Bertz CT molecular complexity index is 1250. The molecule has 1 aliphatic carbocycles. The minimum absolute atomic E-state index is 0.0317. The number of hydrogen-bond donors (Lipinski definition) is 5. The second-order valence-electron chi connectivity index (χ2n) is 16.2. The summed E-state index contributed by atoms with van der Waals surface area (Å²) in [6.45, 7) is 1.98. The average Bonchev–Trinajstić information content (AvgIpc) is 3.49. The molecule has 0 spiro atoms. The number of aliphatic hydroxyl groups is 4. The largest absolute Gasteiger partial charge is 0.472 e. The molecule has 0 aliphatic heterocycles. The van der Waals surface area contributed by atoms with Crippen molar-refractivity contribution >= 4 is 25.5 Å². The van der Waals surface area contributed by atoms with Crippen LogP contribution >= 0.6 is 7.82 Å². The summed E-state index contributed by atoms with van der Waals surface area (Å²) in [6.07, 6.45) is 30.0. The van der Waals surface area contributed by atoms with E-state index in [0.717, 1.165) is 83.5 Å². The molecular weight excluding hydrogens is 791 g/mol. The molecule has 7 atom stereocenters. The lowest BCUT2D eigenvalue weighted by atomic mass is 9.88. The van der Waals surface area contributed by atoms with Gasteiger partial charge in [0.15, 0.2) is 6.10 Å². The van der Waals surface area contributed by atoms with Crippen LogP contribution in [-0.4, -0.2) is 93.9 Å². The number of hydrogen-bond acceptors (Lipinski definition) is 12. The third kappa shape index (κ3) is 29.9. The third-order valence-corrected chi connectivity index (χ3v) is 11.6. The number of rotatable bonds is 39. The van der Waals surface area contributed by atoms with Gasteiger partial charge in [-0.05, 0) is 57.8 Å². The van der Waals surface area contributed by atoms with Gasteiger partial charge in [-0.2, -0.15) is 0 Å². The van der Waals surface area contributed by atoms with Gasteiger partial charge in [-0.3, -0.25) is 23.4 Å². The smallest absolute Gasteiger partial charge is 0.462 e. The molecule has 0 aromatic rings. The van der Waals surface area contributed by atoms with Crippen LogP contribution in [0.5, 0.6) is 0 Å². The van der Waals surface area contributed by atoms with E-state index < -0.39 is 70.6 Å². The van der Waals surface area contributed by atoms with E-state index >= 15 is 0 Å². The van der Waals surface area contributed by atoms with Crippen LogP contribution in [0, 0.1) is 11.8 Å². The topological polar surface area (TPSA) is 206 Å². The van der Waals surface area contributed by atoms with E-state index in [-0.39, 0.29) is 36.9 Å². The molecule has 348 valence electrons. The number of carbonyl (C=O) groups is 3. The Labute approximate surface area is 361 Å². The maximum Gasteiger partial charge on any atom is 0.472 e. The van der Waals surface area contributed by atoms with Crippen LogP contribution in [0.4, 0.5) is 0 Å². The fraction of sp³-hybridized carbons (Fsp3) is 0.804. The highest BCUT2D eigenvalue weighted by Crippen LogP contribution is 2.43. The molecule has 1 aliphatic rings. The van der Waals surface area contributed by atoms with E-state index in [0.29, 0.717) is 32.1 Å². The molecule has 1 fully saturated rings. The van der Waals surface area contributed by atoms with E-state index in [9.17, 15) is 39.2 Å². The Balaban J connectivity index is 2.42. The summed E-state index contributed by atoms with van der Waals surface area (Å²) in [5.74, 6) is -1.67. The Morgan fingerprint density at radius 1 is 0.750 bits per heavy atom. The number of unbranched alkanes of at least 4 members (excludes halogenated alkanes) is 15. The first-order valence-electron chi connectivity index (χ1n) is 23.0. The number of ether oxygens (including phenoxy) is 2. The molecule has 1 rings (SSSR count). The monoisotopic (exact) mass is 873 g/mol. The second-order valence-corrected chi connectivity index (χ2v) is 17.7. The van der Waals surface area contributed by atoms with Crippen molar-refractivity contribution in [2.75, 3.05) is 26.4 Å². The van der Waals surface area contributed by atoms with Crippen molar-refractivity contribution in [3.63, 3.8) is 0 Å². The van der Waals surface area contributed by atoms with E-state index in [1.807, 2.05) is 0 Å². The highest BCUT2D eigenvalue weighted by molar-refractivity contribution is 7.47. The summed E-state index contributed by atoms with van der Waals surface area (Å²) in [5, 5.41) is 39.1. The Kier molecular flexibility index (Phi) is 33.7. The van der Waals surface area contributed by atoms with E-state index in [1.54, 1.807) is 12.2 Å². The third-order valence-electron chi connectivity index (χ3n) is 10.7. The molecule has 0 saturated heterocycles. The van der Waals surface area contributed by atoms with Crippen LogP contribution in [0.15, 0.2) is 36.5 Å². The van der Waals surface area contributed by atoms with Gasteiger partial charge in [-0.25, -0.2) is 4.57 Å². The number of aliphatic hydroxyl groups excluding tert-OH is 4. The zero-order chi connectivity index (χ0) is 44.3. The van der Waals surface area contributed by atoms with Crippen LogP contribution in [-0.2, 0) is 37.5 Å². The number of phosphoric acid groups is 1. The van der Waals surface area contributed by atoms with Crippen LogP contribution in [0.3, 0.4) is 0 Å². The first-order chi connectivity index (χ1) is 28.9. The minimum Gasteiger partial charge on any atom is -0.462 e. The van der Waals surface area contributed by atoms with Crippen LogP contribution in [0.25, 0.3) is 0 Å². The molecule has 0 aromatic carbocycles. The predicted octanol–water partition coefficient (Wildman–Crippen LogP) is 8.93. The highest BCUT2D eigenvalue weighted by Gasteiger charge is 2.39. The van der Waals surface area contributed by atoms with Gasteiger partial charge in [-0.1, -0.05) is 134 Å². The van der Waals surface area contributed by atoms with Crippen molar-refractivity contribution in [2.45, 2.75) is 199 Å². The zero-order valence-corrected chi connectivity index (χ0v) is 37.8. The summed E-state index contributed by atoms with van der Waals surface area (Å²) in [7, 11) is -4.68. The molecule has 0 bridgehead atoms. The molecule has 60 heavy (non-hydrogen) atoms. The van der Waals surface area contributed by atoms with Crippen molar-refractivity contribution in [3.05, 3.63) is 36.5 Å². The van der Waals surface area contributed by atoms with Crippen molar-refractivity contribution in [1.29, 1.82) is 0 Å². The Morgan fingerprint density at radius 2 is 1.32 bits per heavy atom. The molecule has 5 N–H and O–H groups in total. The van der Waals surface area contributed by atoms with Gasteiger partial charge in [0.25, 0.3) is 0 Å². The number of ketones is 1. The van der Waals surface area contributed by atoms with E-state index in [2.05, 4.69) is 42.7 Å². The van der Waals surface area contributed by atoms with Crippen molar-refractivity contribution in [1.82, 2.24) is 0 Å². The molecule has 13 nitrogen and oxygen atoms in total. The Morgan fingerprint density at radius 3 is 1.97 bits per heavy atom. The normalized spacial score (nSPS) is 19.6. The average molecular weight is 873 g/mol. The first kappa shape index (κ1) is 55.8. The van der Waals surface area contributed by atoms with Gasteiger partial charge in [0.2, 0.25) is 0 Å². The number of phosphoric ester groups is 1. The molecule has 14 heteroatoms. The molecule has 0 radical (unpaired) electrons. The first-order valence-corrected chi connectivity index (χ1v) is 24.5. The van der Waals surface area contributed by atoms with E-state index in [4.69, 9.17) is 19.1 Å². The summed E-state index contributed by atoms with van der Waals surface area (Å²) in [6, 6.07) is 0. The number of Topliss-reactive ketones (excluding diaryl/α,β-unsaturated/α-hetero) is 1. The molecule has 1 unspecified atom stereocenters. The van der Waals surface area contributed by atoms with Gasteiger partial charge in [-0.15, -0.1) is 0 Å². The van der Waals surface area contributed by atoms with Crippen molar-refractivity contribution in [2.24, 2.45) is 11.8 Å². The lowest BCUT2D eigenvalue weighted by Crippen LogP contribution is -2.29. The summed E-state index contributed by atoms with van der Waals surface area (Å²) < 4.78 is 32.7. The molecule has 0 amide bonds. The van der Waals surface area contributed by atoms with Crippen LogP contribution in [0.2, 0.25) is 0 Å². The van der Waals surface area contributed by atoms with Crippen molar-refractivity contribution in [3.8, 4) is 0 Å². The maximum absolute atomic E-state index is 12.7. The number of allylic oxidation sites excluding steroid dienone is 4. The molecular formula is C46H81O13P. The summed E-state index contributed by atoms with van der Waals surface area (Å²) in [5.41, 5.74) is 0. The number of carbonyl (C=O) groups excluding carboxylic acids is 3. The molecule has 1 saturated carbocycles. The van der Waals surface area contributed by atoms with Gasteiger partial charge in [0, 0.05) is 31.1 Å². The number of esters is 2. The standard InChI is InChI=1S/C46H81O13P/c1-3-5-7-8-9-10-11-12-13-14-15-16-17-18-19-20-26-30-46(53)59-40(37-58-60(54,55)57-35-39(49)34-47)36-56-45(52)29-25-22-21-24-28-41-42(44(51)33-43(41)50)32-31-38(48)27-23-6-4-2/h9-10,12-13,31-32,38-42,44,47-49,51H,3-8,11,14-30,33-37H2,1-2H3,(H,54,55)/b10-9-,13-12-,32-31+/t38-,39-,40+,41+,42+,44+/m0/s1. The predicted molar refractivity (Wildman–Crippen MR) is 234 cm³/mol. The second kappa shape index (κ2) is 36.3. The van der Waals surface area contributed by atoms with Crippen LogP contribution < -0.4 is 0 Å². The quantitative estimate of drug-likeness (QED) is 0.0170. The van der Waals surface area contributed by atoms with Gasteiger partial charge in [0.05, 0.1) is 32.0 Å². The maximum atomic E-state index is 12.7. The molecule has 0 aromatic heterocycles. The van der Waals surface area contributed by atoms with Gasteiger partial charge < -0.3 is 34.8 Å². The SMILES string of the molecule is CCCCC/C=C\C/C=C\CCCCCCCCCC(=O)O[C@H](COC(=O)CCCCCC[C@H]1C(=O)C[C@@H](O)[C@@H]1/C=C/[C@@H](O)CCCCC)COP(=O)(O)OC[C@@H](O)CO. The highest BCUT2D eigenvalue weighted by atomic mass is 31.2. The van der Waals surface area contributed by atoms with Gasteiger partial charge >= 0.3 is 19.8 Å². The van der Waals surface area contributed by atoms with Crippen LogP contribution in [0.1, 0.15) is 174 Å². The zero-order valence-electron chi connectivity index (χ0n) is 36.9. The van der Waals surface area contributed by atoms with E-state index in [1.165, 1.54) is 25.7 Å². The van der Waals surface area contributed by atoms with Gasteiger partial charge in [0.1, 0.15) is 18.5 Å². The molecule has 0 heterocycles. The minimum atomic E-state index is -4.68. The lowest BCUT2D eigenvalue weighted by molar-refractivity contribution is -0.161.